The predicted molar refractivity (Wildman–Crippen MR) is 118 cm³/mol. The van der Waals surface area contributed by atoms with Crippen LogP contribution < -0.4 is 10.2 Å². The average Bonchev–Trinajstić information content (AvgIpc) is 3.34. The Hall–Kier alpha value is -1.93. The normalized spacial score (nSPS) is 16.0. The number of hydrogen-bond donors (Lipinski definition) is 2. The molecule has 2 N–H and O–H groups in total. The standard InChI is InChI=1S/C22H23BrN2O3S/c1-14-15(2)29-22(24-21(26)18-7-4-10-28-18)19(14)20(25-8-11-27-12-9-25)16-5-3-6-17(23)13-16/h3-7,10,13,20H,8-9,11-12H2,1-2H3,(H,24,26)/p+1/t20-/m0/s1. The third-order valence-electron chi connectivity index (χ3n) is 5.42. The summed E-state index contributed by atoms with van der Waals surface area (Å²) in [6, 6.07) is 12.0. The van der Waals surface area contributed by atoms with Gasteiger partial charge in [0, 0.05) is 14.9 Å². The quantitative estimate of drug-likeness (QED) is 0.586. The van der Waals surface area contributed by atoms with Gasteiger partial charge in [-0.25, -0.2) is 0 Å². The predicted octanol–water partition coefficient (Wildman–Crippen LogP) is 3.98. The Balaban J connectivity index is 1.78. The topological polar surface area (TPSA) is 55.9 Å². The van der Waals surface area contributed by atoms with Crippen LogP contribution in [0.5, 0.6) is 0 Å². The molecule has 1 aliphatic rings. The van der Waals surface area contributed by atoms with Crippen LogP contribution in [0.2, 0.25) is 0 Å². The van der Waals surface area contributed by atoms with Gasteiger partial charge >= 0.3 is 0 Å². The van der Waals surface area contributed by atoms with E-state index in [1.807, 2.05) is 6.07 Å². The van der Waals surface area contributed by atoms with Crippen LogP contribution in [0.3, 0.4) is 0 Å². The van der Waals surface area contributed by atoms with E-state index in [1.165, 1.54) is 32.7 Å². The molecule has 1 atom stereocenters. The highest BCUT2D eigenvalue weighted by atomic mass is 79.9. The average molecular weight is 476 g/mol. The molecule has 0 saturated carbocycles. The number of hydrogen-bond acceptors (Lipinski definition) is 4. The van der Waals surface area contributed by atoms with E-state index in [9.17, 15) is 4.79 Å². The highest BCUT2D eigenvalue weighted by molar-refractivity contribution is 9.10. The Labute approximate surface area is 182 Å². The van der Waals surface area contributed by atoms with Crippen molar-refractivity contribution in [2.45, 2.75) is 19.9 Å². The summed E-state index contributed by atoms with van der Waals surface area (Å²) in [5.74, 6) is 0.0971. The van der Waals surface area contributed by atoms with Crippen molar-refractivity contribution in [2.24, 2.45) is 0 Å². The number of benzene rings is 1. The minimum absolute atomic E-state index is 0.119. The van der Waals surface area contributed by atoms with Crippen LogP contribution in [0, 0.1) is 13.8 Å². The Morgan fingerprint density at radius 1 is 1.21 bits per heavy atom. The number of thiophene rings is 1. The second kappa shape index (κ2) is 8.83. The van der Waals surface area contributed by atoms with Crippen molar-refractivity contribution >= 4 is 38.2 Å². The molecule has 7 heteroatoms. The van der Waals surface area contributed by atoms with Crippen molar-refractivity contribution in [2.75, 3.05) is 31.6 Å². The number of morpholine rings is 1. The number of ether oxygens (including phenoxy) is 1. The molecule has 3 heterocycles. The second-order valence-electron chi connectivity index (χ2n) is 7.22. The molecule has 1 aromatic carbocycles. The molecule has 1 aliphatic heterocycles. The van der Waals surface area contributed by atoms with Crippen LogP contribution in [0.25, 0.3) is 0 Å². The van der Waals surface area contributed by atoms with Crippen LogP contribution in [-0.4, -0.2) is 32.2 Å². The maximum absolute atomic E-state index is 12.7. The van der Waals surface area contributed by atoms with Crippen LogP contribution in [0.4, 0.5) is 5.00 Å². The first-order valence-electron chi connectivity index (χ1n) is 9.67. The number of quaternary nitrogens is 1. The molecular formula is C22H24BrN2O3S+. The minimum Gasteiger partial charge on any atom is -0.459 e. The highest BCUT2D eigenvalue weighted by Crippen LogP contribution is 2.39. The van der Waals surface area contributed by atoms with Gasteiger partial charge in [-0.3, -0.25) is 4.79 Å². The number of amides is 1. The van der Waals surface area contributed by atoms with Crippen LogP contribution in [0.15, 0.2) is 51.6 Å². The first-order chi connectivity index (χ1) is 14.0. The summed E-state index contributed by atoms with van der Waals surface area (Å²) >= 11 is 5.25. The van der Waals surface area contributed by atoms with Crippen molar-refractivity contribution in [1.29, 1.82) is 0 Å². The number of furan rings is 1. The molecule has 1 fully saturated rings. The molecule has 4 rings (SSSR count). The summed E-state index contributed by atoms with van der Waals surface area (Å²) in [6.45, 7) is 7.60. The zero-order valence-electron chi connectivity index (χ0n) is 16.5. The molecule has 3 aromatic rings. The van der Waals surface area contributed by atoms with Gasteiger partial charge in [-0.2, -0.15) is 0 Å². The van der Waals surface area contributed by atoms with E-state index >= 15 is 0 Å². The molecule has 0 aliphatic carbocycles. The molecule has 2 aromatic heterocycles. The summed E-state index contributed by atoms with van der Waals surface area (Å²) in [7, 11) is 0. The molecule has 0 spiro atoms. The van der Waals surface area contributed by atoms with Gasteiger partial charge in [0.15, 0.2) is 5.76 Å². The third-order valence-corrected chi connectivity index (χ3v) is 7.05. The van der Waals surface area contributed by atoms with E-state index in [2.05, 4.69) is 53.3 Å². The van der Waals surface area contributed by atoms with Gasteiger partial charge in [0.2, 0.25) is 0 Å². The van der Waals surface area contributed by atoms with Crippen LogP contribution in [0.1, 0.15) is 38.2 Å². The molecule has 0 bridgehead atoms. The van der Waals surface area contributed by atoms with Gasteiger partial charge in [-0.1, -0.05) is 28.1 Å². The molecular weight excluding hydrogens is 452 g/mol. The number of rotatable bonds is 5. The van der Waals surface area contributed by atoms with Crippen molar-refractivity contribution in [3.63, 3.8) is 0 Å². The molecule has 0 unspecified atom stereocenters. The summed E-state index contributed by atoms with van der Waals surface area (Å²) in [6.07, 6.45) is 1.52. The number of halogens is 1. The maximum atomic E-state index is 12.7. The number of aryl methyl sites for hydroxylation is 1. The lowest BCUT2D eigenvalue weighted by molar-refractivity contribution is -0.933. The number of anilines is 1. The van der Waals surface area contributed by atoms with Gasteiger partial charge in [0.05, 0.1) is 25.0 Å². The highest BCUT2D eigenvalue weighted by Gasteiger charge is 2.34. The zero-order valence-corrected chi connectivity index (χ0v) is 18.9. The Bertz CT molecular complexity index is 994. The van der Waals surface area contributed by atoms with E-state index in [4.69, 9.17) is 9.15 Å². The molecule has 1 amide bonds. The Kier molecular flexibility index (Phi) is 6.20. The molecule has 1 saturated heterocycles. The van der Waals surface area contributed by atoms with Crippen LogP contribution in [-0.2, 0) is 4.74 Å². The lowest BCUT2D eigenvalue weighted by Gasteiger charge is -2.32. The molecule has 0 radical (unpaired) electrons. The fourth-order valence-electron chi connectivity index (χ4n) is 3.87. The lowest BCUT2D eigenvalue weighted by Crippen LogP contribution is -3.14. The van der Waals surface area contributed by atoms with Crippen molar-refractivity contribution in [3.8, 4) is 0 Å². The van der Waals surface area contributed by atoms with Gasteiger partial charge < -0.3 is 19.4 Å². The van der Waals surface area contributed by atoms with E-state index < -0.39 is 0 Å². The van der Waals surface area contributed by atoms with E-state index in [1.54, 1.807) is 23.5 Å². The van der Waals surface area contributed by atoms with Gasteiger partial charge in [0.1, 0.15) is 24.1 Å². The Morgan fingerprint density at radius 2 is 2.00 bits per heavy atom. The number of carbonyl (C=O) groups excluding carboxylic acids is 1. The summed E-state index contributed by atoms with van der Waals surface area (Å²) in [5.41, 5.74) is 3.64. The second-order valence-corrected chi connectivity index (χ2v) is 9.36. The SMILES string of the molecule is Cc1sc(NC(=O)c2ccco2)c([C@H](c2cccc(Br)c2)[NH+]2CCOCC2)c1C. The van der Waals surface area contributed by atoms with E-state index in [-0.39, 0.29) is 11.9 Å². The third kappa shape index (κ3) is 4.33. The van der Waals surface area contributed by atoms with Gasteiger partial charge in [0.25, 0.3) is 5.91 Å². The van der Waals surface area contributed by atoms with Gasteiger partial charge in [-0.15, -0.1) is 11.3 Å². The molecule has 5 nitrogen and oxygen atoms in total. The molecule has 152 valence electrons. The number of carbonyl (C=O) groups is 1. The van der Waals surface area contributed by atoms with E-state index in [0.29, 0.717) is 5.76 Å². The van der Waals surface area contributed by atoms with Gasteiger partial charge in [-0.05, 0) is 43.7 Å². The first kappa shape index (κ1) is 20.3. The minimum atomic E-state index is -0.220. The fourth-order valence-corrected chi connectivity index (χ4v) is 5.38. The van der Waals surface area contributed by atoms with E-state index in [0.717, 1.165) is 35.8 Å². The van der Waals surface area contributed by atoms with Crippen LogP contribution >= 0.6 is 27.3 Å². The fraction of sp³-hybridized carbons (Fsp3) is 0.318. The largest absolute Gasteiger partial charge is 0.459 e. The summed E-state index contributed by atoms with van der Waals surface area (Å²) in [4.78, 5) is 15.4. The monoisotopic (exact) mass is 475 g/mol. The maximum Gasteiger partial charge on any atom is 0.291 e. The lowest BCUT2D eigenvalue weighted by atomic mass is 9.94. The summed E-state index contributed by atoms with van der Waals surface area (Å²) in [5, 5.41) is 4.00. The van der Waals surface area contributed by atoms with Crippen molar-refractivity contribution < 1.29 is 18.8 Å². The smallest absolute Gasteiger partial charge is 0.291 e. The molecule has 29 heavy (non-hydrogen) atoms. The number of nitrogens with one attached hydrogen (secondary N) is 2. The first-order valence-corrected chi connectivity index (χ1v) is 11.3. The summed E-state index contributed by atoms with van der Waals surface area (Å²) < 4.78 is 12.0. The van der Waals surface area contributed by atoms with Crippen molar-refractivity contribution in [1.82, 2.24) is 0 Å². The zero-order chi connectivity index (χ0) is 20.4. The Morgan fingerprint density at radius 3 is 2.69 bits per heavy atom. The van der Waals surface area contributed by atoms with Crippen molar-refractivity contribution in [3.05, 3.63) is 74.5 Å².